The van der Waals surface area contributed by atoms with Crippen LogP contribution in [0.5, 0.6) is 0 Å². The van der Waals surface area contributed by atoms with Gasteiger partial charge in [0.1, 0.15) is 22.8 Å². The van der Waals surface area contributed by atoms with Gasteiger partial charge in [-0.2, -0.15) is 28.1 Å². The standard InChI is InChI=1S/C32H42N8O.C20H23BrN6O.C20H32N2O4.C15H22N2O4.C13H21N.C5H9.BrH.Mg/c1-33-23-32(25-7-4-5-8-25)16-21-39(22-17-32)28-9-6-18-40-29(28)35-31(36-40)34-26-12-10-24(11-13-26)30(41)38(3)27-14-19-37(2)20-15-27;1-25-12-9-16(10-13-25)26(2)19(28)14-5-7-15(8-6-14)22-20-23-18-17(21)4-3-11-27(18)24-20;1-6-25-17(23)16(21-5)20(15-9-7-8-10-15)11-13-22(14-12-20)18(24)26-19(2,3)4;1-5-20-13(18)12(10-16)11-6-8-17(9-7-11)14(19)21-15(2,3)4;1-14-11-13(9-5-2-6-10-13)12-7-3-4-8-12;1-2-4-5-3-1;;/h6,9-13,18,25,27H,4-5,7-8,14-17,19-23H2,2-3H3,(H,34,36);3-8,11,16H,9-10,12-13H2,1-2H3,(H,22,24);15-16H,6-14H2,1-4H3;5-9H2,1-4H3;12H,2-11H2;1H,2-5H2;1H;/q;;;;;-1;;+2/p-1. The van der Waals surface area contributed by atoms with Crippen molar-refractivity contribution in [1.29, 1.82) is 5.26 Å². The molecule has 10 fully saturated rings. The summed E-state index contributed by atoms with van der Waals surface area (Å²) in [6.07, 6.45) is 41.7. The van der Waals surface area contributed by atoms with Crippen molar-refractivity contribution < 1.29 is 64.7 Å². The van der Waals surface area contributed by atoms with Crippen LogP contribution in [0, 0.1) is 71.5 Å². The molecule has 2 N–H and O–H groups in total. The number of rotatable bonds is 19. The summed E-state index contributed by atoms with van der Waals surface area (Å²) >= 11 is 3.47. The van der Waals surface area contributed by atoms with Gasteiger partial charge in [-0.05, 0) is 323 Å². The first-order valence-corrected chi connectivity index (χ1v) is 50.7. The number of nitrogens with one attached hydrogen (secondary N) is 2. The Morgan fingerprint density at radius 3 is 1.38 bits per heavy atom. The van der Waals surface area contributed by atoms with Crippen LogP contribution in [0.4, 0.5) is 38.5 Å². The van der Waals surface area contributed by atoms with E-state index in [2.05, 4.69) is 97.6 Å². The van der Waals surface area contributed by atoms with E-state index in [1.165, 1.54) is 109 Å². The van der Waals surface area contributed by atoms with Crippen molar-refractivity contribution in [3.05, 3.63) is 153 Å². The number of piperidine rings is 5. The number of nitriles is 1. The van der Waals surface area contributed by atoms with Gasteiger partial charge < -0.3 is 102 Å². The molecule has 16 rings (SSSR count). The second-order valence-electron chi connectivity index (χ2n) is 40.6. The van der Waals surface area contributed by atoms with E-state index in [9.17, 15) is 28.8 Å². The molecule has 1 atom stereocenters. The molecule has 5 saturated heterocycles. The molecular formula is C105H149Br2MgN19O10. The van der Waals surface area contributed by atoms with Crippen LogP contribution in [0.1, 0.15) is 275 Å². The number of esters is 2. The zero-order valence-corrected chi connectivity index (χ0v) is 88.2. The van der Waals surface area contributed by atoms with Crippen LogP contribution in [-0.4, -0.2) is 267 Å². The molecule has 5 aliphatic carbocycles. The summed E-state index contributed by atoms with van der Waals surface area (Å²) in [4.78, 5) is 109. The molecule has 137 heavy (non-hydrogen) atoms. The second-order valence-corrected chi connectivity index (χ2v) is 41.5. The Morgan fingerprint density at radius 2 is 0.971 bits per heavy atom. The third kappa shape index (κ3) is 30.9. The van der Waals surface area contributed by atoms with E-state index in [0.29, 0.717) is 111 Å². The van der Waals surface area contributed by atoms with Crippen molar-refractivity contribution in [2.24, 2.45) is 34.0 Å². The number of carbonyl (C=O) groups excluding carboxylic acids is 6. The molecule has 0 bridgehead atoms. The van der Waals surface area contributed by atoms with E-state index in [0.717, 1.165) is 154 Å². The van der Waals surface area contributed by atoms with E-state index >= 15 is 0 Å². The molecule has 29 nitrogen and oxygen atoms in total. The van der Waals surface area contributed by atoms with Crippen molar-refractivity contribution >= 4 is 115 Å². The van der Waals surface area contributed by atoms with Crippen LogP contribution in [0.3, 0.4) is 0 Å². The van der Waals surface area contributed by atoms with E-state index in [-0.39, 0.29) is 93.7 Å². The quantitative estimate of drug-likeness (QED) is 0.0190. The molecule has 0 radical (unpaired) electrons. The van der Waals surface area contributed by atoms with Crippen LogP contribution < -0.4 is 32.5 Å². The number of pyridine rings is 2. The molecule has 6 aromatic rings. The largest absolute Gasteiger partial charge is 2.00 e. The van der Waals surface area contributed by atoms with Gasteiger partial charge in [0.2, 0.25) is 25.0 Å². The number of fused-ring (bicyclic) bond motifs is 2. The Bertz CT molecular complexity index is 5050. The van der Waals surface area contributed by atoms with Gasteiger partial charge >= 0.3 is 53.2 Å². The van der Waals surface area contributed by atoms with Crippen LogP contribution in [0.25, 0.3) is 25.8 Å². The molecule has 2 aromatic carbocycles. The zero-order chi connectivity index (χ0) is 96.9. The molecule has 4 amide bonds. The molecule has 32 heteroatoms. The van der Waals surface area contributed by atoms with Gasteiger partial charge in [-0.3, -0.25) is 9.59 Å². The van der Waals surface area contributed by atoms with Crippen molar-refractivity contribution in [3.63, 3.8) is 0 Å². The maximum absolute atomic E-state index is 13.1. The van der Waals surface area contributed by atoms with Gasteiger partial charge in [0, 0.05) is 111 Å². The monoisotopic (exact) mass is 2020 g/mol. The fourth-order valence-corrected chi connectivity index (χ4v) is 22.1. The number of aromatic nitrogens is 6. The van der Waals surface area contributed by atoms with E-state index < -0.39 is 29.2 Å². The number of likely N-dealkylation sites (tertiary alicyclic amines) is 4. The first kappa shape index (κ1) is 111. The number of benzene rings is 2. The number of hydrogen-bond acceptors (Lipinski definition) is 20. The fourth-order valence-electron chi connectivity index (χ4n) is 21.7. The van der Waals surface area contributed by atoms with Gasteiger partial charge in [-0.25, -0.2) is 47.9 Å². The zero-order valence-electron chi connectivity index (χ0n) is 83.6. The maximum atomic E-state index is 13.1. The number of amides is 4. The summed E-state index contributed by atoms with van der Waals surface area (Å²) in [6.45, 7) is 46.9. The summed E-state index contributed by atoms with van der Waals surface area (Å²) in [5.74, 6) is 2.14. The molecule has 1 unspecified atom stereocenters. The normalized spacial score (nSPS) is 19.4. The Morgan fingerprint density at radius 1 is 0.547 bits per heavy atom. The summed E-state index contributed by atoms with van der Waals surface area (Å²) < 4.78 is 25.3. The van der Waals surface area contributed by atoms with Crippen molar-refractivity contribution in [2.75, 3.05) is 135 Å². The van der Waals surface area contributed by atoms with E-state index in [1.54, 1.807) is 28.2 Å². The predicted octanol–water partition coefficient (Wildman–Crippen LogP) is 17.6. The number of anilines is 5. The van der Waals surface area contributed by atoms with Crippen molar-refractivity contribution in [3.8, 4) is 6.07 Å². The average molecular weight is 2020 g/mol. The van der Waals surface area contributed by atoms with Crippen molar-refractivity contribution in [2.45, 2.75) is 284 Å². The smallest absolute Gasteiger partial charge is 1.00 e. The van der Waals surface area contributed by atoms with Crippen molar-refractivity contribution in [1.82, 2.24) is 58.6 Å². The van der Waals surface area contributed by atoms with Gasteiger partial charge in [-0.1, -0.05) is 70.6 Å². The minimum absolute atomic E-state index is 0. The summed E-state index contributed by atoms with van der Waals surface area (Å²) in [5, 5.41) is 24.7. The van der Waals surface area contributed by atoms with Crippen LogP contribution in [-0.2, 0) is 28.5 Å². The molecule has 10 aliphatic rings. The minimum Gasteiger partial charge on any atom is -1.00 e. The molecule has 4 aromatic heterocycles. The third-order valence-corrected chi connectivity index (χ3v) is 30.1. The summed E-state index contributed by atoms with van der Waals surface area (Å²) in [5.41, 5.74) is 5.75. The van der Waals surface area contributed by atoms with Crippen LogP contribution in [0.2, 0.25) is 0 Å². The molecule has 740 valence electrons. The number of carbonyl (C=O) groups is 6. The second kappa shape index (κ2) is 53.5. The van der Waals surface area contributed by atoms with Gasteiger partial charge in [0.05, 0.1) is 28.8 Å². The number of hydrogen-bond donors (Lipinski definition) is 2. The Hall–Kier alpha value is -9.15. The van der Waals surface area contributed by atoms with Gasteiger partial charge in [0.25, 0.3) is 11.8 Å². The average Bonchev–Trinajstić information content (AvgIpc) is 1.65. The van der Waals surface area contributed by atoms with E-state index in [1.807, 2.05) is 155 Å². The van der Waals surface area contributed by atoms with Crippen LogP contribution >= 0.6 is 15.9 Å². The number of nitrogens with zero attached hydrogens (tertiary/aromatic N) is 17. The van der Waals surface area contributed by atoms with Crippen LogP contribution in [0.15, 0.2) is 101 Å². The van der Waals surface area contributed by atoms with Gasteiger partial charge in [-0.15, -0.1) is 10.2 Å². The first-order valence-electron chi connectivity index (χ1n) is 49.9. The molecular weight excluding hydrogens is 1870 g/mol. The Kier molecular flexibility index (Phi) is 43.5. The number of ether oxygens (including phenoxy) is 4. The molecule has 5 aliphatic heterocycles. The third-order valence-electron chi connectivity index (χ3n) is 29.5. The first-order chi connectivity index (χ1) is 64.8. The van der Waals surface area contributed by atoms with Gasteiger partial charge in [0.15, 0.2) is 11.3 Å². The predicted molar refractivity (Wildman–Crippen MR) is 538 cm³/mol. The molecule has 9 heterocycles. The fraction of sp³-hybridized carbons (Fsp3) is 0.648. The Balaban J connectivity index is 0.000000195. The summed E-state index contributed by atoms with van der Waals surface area (Å²) in [7, 11) is 8.09. The minimum atomic E-state index is -0.772. The Labute approximate surface area is 849 Å². The SMILES string of the molecule is CCOC(=O)C(C#N)=C1CCN(C(=O)OC(C)(C)C)CC1.CN1CCC(N(C)C(=O)c2ccc(Nc3nc4c(Br)cccn4n3)cc2)CC1.[Br-].[C-]#[N+]C(C(=O)OCC)C1(C2CCCC2)CCN(C(=O)OC(C)(C)C)CC1.[C-]#[N+]CC1(C2CCCC2)CCCCC1.[C-]#[N+]CC1(C2CCCC2)CCN(c2cccn3nc(Nc4ccc(C(=O)N(C)C5CCN(C)CC5)cc4)nc23)CC1.[CH-]1CCCC1.[Mg+2]. The molecule has 5 saturated carbocycles. The maximum Gasteiger partial charge on any atom is 2.00 e. The number of halogens is 2. The topological polar surface area (TPSA) is 283 Å². The van der Waals surface area contributed by atoms with E-state index in [4.69, 9.17) is 48.9 Å². The molecule has 0 spiro atoms. The summed E-state index contributed by atoms with van der Waals surface area (Å²) in [6, 6.07) is 24.8.